The summed E-state index contributed by atoms with van der Waals surface area (Å²) in [6, 6.07) is 26.0. The van der Waals surface area contributed by atoms with E-state index in [-0.39, 0.29) is 30.4 Å². The molecule has 1 unspecified atom stereocenters. The Morgan fingerprint density at radius 2 is 1.71 bits per heavy atom. The van der Waals surface area contributed by atoms with Crippen molar-refractivity contribution in [1.29, 1.82) is 0 Å². The number of carbonyl (C=O) groups excluding carboxylic acids is 2. The molecule has 3 aromatic carbocycles. The molecule has 1 saturated heterocycles. The number of ether oxygens (including phenoxy) is 1. The van der Waals surface area contributed by atoms with Crippen LogP contribution in [0.2, 0.25) is 0 Å². The molecule has 0 bridgehead atoms. The van der Waals surface area contributed by atoms with E-state index >= 15 is 0 Å². The highest BCUT2D eigenvalue weighted by Gasteiger charge is 2.41. The van der Waals surface area contributed by atoms with E-state index in [4.69, 9.17) is 4.74 Å². The van der Waals surface area contributed by atoms with Crippen LogP contribution in [0.3, 0.4) is 0 Å². The zero-order valence-electron chi connectivity index (χ0n) is 19.5. The molecular weight excluding hydrogens is 424 g/mol. The van der Waals surface area contributed by atoms with Crippen LogP contribution in [0.1, 0.15) is 45.9 Å². The van der Waals surface area contributed by atoms with E-state index in [2.05, 4.69) is 41.3 Å². The first kappa shape index (κ1) is 22.2. The molecule has 0 spiro atoms. The Bertz CT molecular complexity index is 1160. The lowest BCUT2D eigenvalue weighted by Gasteiger charge is -2.44. The van der Waals surface area contributed by atoms with Gasteiger partial charge in [0.05, 0.1) is 19.2 Å². The Morgan fingerprint density at radius 3 is 2.47 bits per heavy atom. The molecule has 0 radical (unpaired) electrons. The molecule has 0 saturated carbocycles. The molecule has 5 nitrogen and oxygen atoms in total. The summed E-state index contributed by atoms with van der Waals surface area (Å²) in [7, 11) is 1.60. The fraction of sp³-hybridized carbons (Fsp3) is 0.310. The molecule has 1 aliphatic heterocycles. The van der Waals surface area contributed by atoms with Crippen LogP contribution in [0.5, 0.6) is 5.75 Å². The second-order valence-electron chi connectivity index (χ2n) is 9.15. The number of methoxy groups -OCH3 is 1. The van der Waals surface area contributed by atoms with Crippen LogP contribution < -0.4 is 4.74 Å². The third-order valence-electron chi connectivity index (χ3n) is 7.11. The molecule has 5 rings (SSSR count). The molecule has 174 valence electrons. The lowest BCUT2D eigenvalue weighted by atomic mass is 9.97. The first-order valence-electron chi connectivity index (χ1n) is 12.0. The number of hydrogen-bond acceptors (Lipinski definition) is 3. The minimum absolute atomic E-state index is 0.0280. The van der Waals surface area contributed by atoms with Gasteiger partial charge in [-0.1, -0.05) is 54.6 Å². The molecule has 5 heteroatoms. The normalized spacial score (nSPS) is 19.7. The maximum atomic E-state index is 13.6. The summed E-state index contributed by atoms with van der Waals surface area (Å²) >= 11 is 0. The van der Waals surface area contributed by atoms with Gasteiger partial charge in [-0.25, -0.2) is 0 Å². The van der Waals surface area contributed by atoms with Gasteiger partial charge in [-0.3, -0.25) is 9.59 Å². The maximum Gasteiger partial charge on any atom is 0.254 e. The van der Waals surface area contributed by atoms with Crippen molar-refractivity contribution >= 4 is 11.8 Å². The molecule has 1 heterocycles. The summed E-state index contributed by atoms with van der Waals surface area (Å²) < 4.78 is 5.22. The fourth-order valence-electron chi connectivity index (χ4n) is 5.39. The average molecular weight is 455 g/mol. The predicted octanol–water partition coefficient (Wildman–Crippen LogP) is 4.67. The van der Waals surface area contributed by atoms with E-state index in [1.165, 1.54) is 16.7 Å². The van der Waals surface area contributed by atoms with Gasteiger partial charge in [-0.2, -0.15) is 0 Å². The van der Waals surface area contributed by atoms with E-state index in [0.29, 0.717) is 17.9 Å². The molecule has 2 atom stereocenters. The molecule has 3 aromatic rings. The Hall–Kier alpha value is -3.60. The minimum Gasteiger partial charge on any atom is -0.497 e. The number of hydrogen-bond donors (Lipinski definition) is 0. The van der Waals surface area contributed by atoms with E-state index in [1.54, 1.807) is 36.3 Å². The van der Waals surface area contributed by atoms with Gasteiger partial charge in [-0.05, 0) is 66.6 Å². The number of fused-ring (bicyclic) bond motifs is 1. The summed E-state index contributed by atoms with van der Waals surface area (Å²) in [6.45, 7) is 0.660. The van der Waals surface area contributed by atoms with Gasteiger partial charge in [0, 0.05) is 12.1 Å². The van der Waals surface area contributed by atoms with Crippen LogP contribution in [-0.2, 0) is 17.6 Å². The van der Waals surface area contributed by atoms with Crippen molar-refractivity contribution in [2.24, 2.45) is 0 Å². The number of nitrogens with zero attached hydrogens (tertiary/aromatic N) is 2. The fourth-order valence-corrected chi connectivity index (χ4v) is 5.39. The Labute approximate surface area is 201 Å². The Balaban J connectivity index is 1.40. The minimum atomic E-state index is -0.104. The van der Waals surface area contributed by atoms with Gasteiger partial charge in [-0.15, -0.1) is 0 Å². The van der Waals surface area contributed by atoms with Crippen molar-refractivity contribution in [2.75, 3.05) is 20.2 Å². The van der Waals surface area contributed by atoms with Crippen molar-refractivity contribution in [3.63, 3.8) is 0 Å². The molecular formula is C29H30N2O3. The van der Waals surface area contributed by atoms with Crippen molar-refractivity contribution in [3.05, 3.63) is 101 Å². The number of amides is 2. The van der Waals surface area contributed by atoms with Crippen molar-refractivity contribution in [1.82, 2.24) is 9.80 Å². The molecule has 2 aliphatic rings. The molecule has 0 aromatic heterocycles. The number of carbonyl (C=O) groups is 2. The number of benzene rings is 3. The van der Waals surface area contributed by atoms with Gasteiger partial charge in [0.25, 0.3) is 5.91 Å². The molecule has 2 amide bonds. The summed E-state index contributed by atoms with van der Waals surface area (Å²) in [5.74, 6) is 0.637. The van der Waals surface area contributed by atoms with Gasteiger partial charge in [0.2, 0.25) is 5.91 Å². The Morgan fingerprint density at radius 1 is 0.971 bits per heavy atom. The third kappa shape index (κ3) is 4.43. The zero-order chi connectivity index (χ0) is 23.5. The monoisotopic (exact) mass is 454 g/mol. The van der Waals surface area contributed by atoms with E-state index in [9.17, 15) is 9.59 Å². The summed E-state index contributed by atoms with van der Waals surface area (Å²) in [5.41, 5.74) is 4.42. The van der Waals surface area contributed by atoms with Crippen LogP contribution >= 0.6 is 0 Å². The molecule has 34 heavy (non-hydrogen) atoms. The van der Waals surface area contributed by atoms with Gasteiger partial charge in [0.1, 0.15) is 12.3 Å². The number of aryl methyl sites for hydroxylation is 2. The van der Waals surface area contributed by atoms with Gasteiger partial charge in [0.15, 0.2) is 0 Å². The summed E-state index contributed by atoms with van der Waals surface area (Å²) in [5, 5.41) is 0. The molecule has 1 fully saturated rings. The standard InChI is InChI=1S/C29H30N2O3/c1-34-25-16-12-23(13-17-25)29(33)30-19-24(15-11-21-7-3-2-4-8-21)31(28(32)20-30)27-18-14-22-9-5-6-10-26(22)27/h2-10,12-13,16-17,24,27H,11,14-15,18-20H2,1H3/t24-,27?/m0/s1. The topological polar surface area (TPSA) is 49.9 Å². The van der Waals surface area contributed by atoms with E-state index < -0.39 is 0 Å². The lowest BCUT2D eigenvalue weighted by Crippen LogP contribution is -2.58. The first-order chi connectivity index (χ1) is 16.6. The van der Waals surface area contributed by atoms with Crippen molar-refractivity contribution in [2.45, 2.75) is 37.8 Å². The quantitative estimate of drug-likeness (QED) is 0.544. The number of piperazine rings is 1. The largest absolute Gasteiger partial charge is 0.497 e. The number of rotatable bonds is 6. The molecule has 0 N–H and O–H groups in total. The van der Waals surface area contributed by atoms with E-state index in [0.717, 1.165) is 25.7 Å². The highest BCUT2D eigenvalue weighted by atomic mass is 16.5. The highest BCUT2D eigenvalue weighted by molar-refractivity contribution is 5.97. The Kier molecular flexibility index (Phi) is 6.35. The van der Waals surface area contributed by atoms with Crippen LogP contribution in [0.25, 0.3) is 0 Å². The SMILES string of the molecule is COc1ccc(C(=O)N2CC(=O)N(C3CCc4ccccc43)[C@@H](CCc3ccccc3)C2)cc1. The van der Waals surface area contributed by atoms with Crippen molar-refractivity contribution in [3.8, 4) is 5.75 Å². The smallest absolute Gasteiger partial charge is 0.254 e. The zero-order valence-corrected chi connectivity index (χ0v) is 19.5. The van der Waals surface area contributed by atoms with Gasteiger partial charge < -0.3 is 14.5 Å². The summed E-state index contributed by atoms with van der Waals surface area (Å²) in [6.07, 6.45) is 3.62. The lowest BCUT2D eigenvalue weighted by molar-refractivity contribution is -0.142. The van der Waals surface area contributed by atoms with Crippen LogP contribution in [0, 0.1) is 0 Å². The second kappa shape index (κ2) is 9.72. The van der Waals surface area contributed by atoms with Crippen LogP contribution in [0.4, 0.5) is 0 Å². The first-order valence-corrected chi connectivity index (χ1v) is 12.0. The maximum absolute atomic E-state index is 13.6. The van der Waals surface area contributed by atoms with Crippen LogP contribution in [-0.4, -0.2) is 47.9 Å². The van der Waals surface area contributed by atoms with Crippen LogP contribution in [0.15, 0.2) is 78.9 Å². The third-order valence-corrected chi connectivity index (χ3v) is 7.11. The van der Waals surface area contributed by atoms with Crippen molar-refractivity contribution < 1.29 is 14.3 Å². The predicted molar refractivity (Wildman–Crippen MR) is 132 cm³/mol. The highest BCUT2D eigenvalue weighted by Crippen LogP contribution is 2.39. The molecule has 1 aliphatic carbocycles. The average Bonchev–Trinajstić information content (AvgIpc) is 3.31. The summed E-state index contributed by atoms with van der Waals surface area (Å²) in [4.78, 5) is 30.7. The second-order valence-corrected chi connectivity index (χ2v) is 9.15. The van der Waals surface area contributed by atoms with Gasteiger partial charge >= 0.3 is 0 Å². The van der Waals surface area contributed by atoms with E-state index in [1.807, 2.05) is 18.2 Å².